The molecule has 0 amide bonds. The van der Waals surface area contributed by atoms with Gasteiger partial charge in [0.1, 0.15) is 6.61 Å². The summed E-state index contributed by atoms with van der Waals surface area (Å²) in [5.41, 5.74) is -1.44. The van der Waals surface area contributed by atoms with Crippen LogP contribution in [0.3, 0.4) is 0 Å². The van der Waals surface area contributed by atoms with E-state index in [-0.39, 0.29) is 6.61 Å². The molecule has 0 aromatic carbocycles. The predicted octanol–water partition coefficient (Wildman–Crippen LogP) is 5.53. The third-order valence-corrected chi connectivity index (χ3v) is 4.91. The molecular formula is C22H44O4. The van der Waals surface area contributed by atoms with Gasteiger partial charge in [-0.05, 0) is 26.7 Å². The van der Waals surface area contributed by atoms with Gasteiger partial charge in [0.25, 0.3) is 0 Å². The maximum absolute atomic E-state index is 11.8. The van der Waals surface area contributed by atoms with E-state index < -0.39 is 17.7 Å². The molecular weight excluding hydrogens is 328 g/mol. The van der Waals surface area contributed by atoms with E-state index in [4.69, 9.17) is 9.84 Å². The van der Waals surface area contributed by atoms with Gasteiger partial charge < -0.3 is 14.9 Å². The maximum atomic E-state index is 11.8. The highest BCUT2D eigenvalue weighted by atomic mass is 16.6. The molecule has 2 N–H and O–H groups in total. The lowest BCUT2D eigenvalue weighted by Gasteiger charge is -2.21. The first kappa shape index (κ1) is 25.4. The standard InChI is InChI=1S/C22H44O4/c1-4-5-6-7-8-9-10-11-12-13-14-15-16-17-18-22(3,25)21(24)26-19-20(2)23/h20,23,25H,4-19H2,1-3H3. The van der Waals surface area contributed by atoms with Crippen LogP contribution in [-0.2, 0) is 9.53 Å². The molecule has 0 aliphatic rings. The molecule has 0 heterocycles. The van der Waals surface area contributed by atoms with Crippen molar-refractivity contribution in [2.75, 3.05) is 6.61 Å². The SMILES string of the molecule is CCCCCCCCCCCCCCCCC(C)(O)C(=O)OCC(C)O. The fourth-order valence-corrected chi connectivity index (χ4v) is 3.12. The number of carbonyl (C=O) groups excluding carboxylic acids is 1. The number of ether oxygens (including phenoxy) is 1. The Kier molecular flexibility index (Phi) is 16.2. The lowest BCUT2D eigenvalue weighted by Crippen LogP contribution is -2.38. The highest BCUT2D eigenvalue weighted by Crippen LogP contribution is 2.18. The molecule has 0 saturated carbocycles. The van der Waals surface area contributed by atoms with Crippen LogP contribution in [0.1, 0.15) is 117 Å². The average Bonchev–Trinajstić information content (AvgIpc) is 2.59. The average molecular weight is 373 g/mol. The fourth-order valence-electron chi connectivity index (χ4n) is 3.12. The van der Waals surface area contributed by atoms with Crippen LogP contribution in [0.25, 0.3) is 0 Å². The smallest absolute Gasteiger partial charge is 0.337 e. The fraction of sp³-hybridized carbons (Fsp3) is 0.955. The first-order valence-electron chi connectivity index (χ1n) is 11.0. The lowest BCUT2D eigenvalue weighted by atomic mass is 9.97. The molecule has 4 heteroatoms. The van der Waals surface area contributed by atoms with E-state index in [0.29, 0.717) is 6.42 Å². The zero-order valence-corrected chi connectivity index (χ0v) is 17.6. The minimum Gasteiger partial charge on any atom is -0.461 e. The van der Waals surface area contributed by atoms with Gasteiger partial charge in [0.2, 0.25) is 0 Å². The van der Waals surface area contributed by atoms with Crippen LogP contribution in [0.4, 0.5) is 0 Å². The summed E-state index contributed by atoms with van der Waals surface area (Å²) in [6, 6.07) is 0. The molecule has 0 aromatic heterocycles. The first-order chi connectivity index (χ1) is 12.4. The lowest BCUT2D eigenvalue weighted by molar-refractivity contribution is -0.167. The van der Waals surface area contributed by atoms with Gasteiger partial charge in [-0.3, -0.25) is 0 Å². The Morgan fingerprint density at radius 1 is 0.846 bits per heavy atom. The quantitative estimate of drug-likeness (QED) is 0.245. The second-order valence-corrected chi connectivity index (χ2v) is 8.07. The van der Waals surface area contributed by atoms with Gasteiger partial charge in [0.05, 0.1) is 6.10 Å². The minimum atomic E-state index is -1.44. The minimum absolute atomic E-state index is 0.0618. The summed E-state index contributed by atoms with van der Waals surface area (Å²) < 4.78 is 4.90. The molecule has 4 nitrogen and oxygen atoms in total. The Labute approximate surface area is 161 Å². The van der Waals surface area contributed by atoms with Crippen molar-refractivity contribution in [3.63, 3.8) is 0 Å². The van der Waals surface area contributed by atoms with E-state index in [1.165, 1.54) is 77.6 Å². The Morgan fingerprint density at radius 2 is 1.23 bits per heavy atom. The number of hydrogen-bond acceptors (Lipinski definition) is 4. The highest BCUT2D eigenvalue weighted by Gasteiger charge is 2.31. The van der Waals surface area contributed by atoms with E-state index in [1.54, 1.807) is 6.92 Å². The third-order valence-electron chi connectivity index (χ3n) is 4.91. The molecule has 0 aliphatic heterocycles. The second kappa shape index (κ2) is 16.6. The molecule has 0 bridgehead atoms. The van der Waals surface area contributed by atoms with Crippen molar-refractivity contribution < 1.29 is 19.7 Å². The molecule has 0 aliphatic carbocycles. The number of unbranched alkanes of at least 4 members (excludes halogenated alkanes) is 13. The molecule has 2 atom stereocenters. The van der Waals surface area contributed by atoms with Crippen molar-refractivity contribution >= 4 is 5.97 Å². The zero-order valence-electron chi connectivity index (χ0n) is 17.6. The molecule has 0 rings (SSSR count). The van der Waals surface area contributed by atoms with E-state index in [0.717, 1.165) is 19.3 Å². The van der Waals surface area contributed by atoms with Crippen LogP contribution in [-0.4, -0.2) is 34.5 Å². The Balaban J connectivity index is 3.40. The molecule has 156 valence electrons. The van der Waals surface area contributed by atoms with Crippen LogP contribution < -0.4 is 0 Å². The molecule has 0 fully saturated rings. The first-order valence-corrected chi connectivity index (χ1v) is 11.0. The van der Waals surface area contributed by atoms with Gasteiger partial charge in [-0.2, -0.15) is 0 Å². The summed E-state index contributed by atoms with van der Waals surface area (Å²) in [6.45, 7) is 5.25. The second-order valence-electron chi connectivity index (χ2n) is 8.07. The molecule has 0 saturated heterocycles. The molecule has 26 heavy (non-hydrogen) atoms. The van der Waals surface area contributed by atoms with Crippen molar-refractivity contribution in [3.05, 3.63) is 0 Å². The summed E-state index contributed by atoms with van der Waals surface area (Å²) in [6.07, 6.45) is 17.7. The number of hydrogen-bond donors (Lipinski definition) is 2. The molecule has 0 aromatic rings. The van der Waals surface area contributed by atoms with Crippen molar-refractivity contribution in [2.45, 2.75) is 129 Å². The van der Waals surface area contributed by atoms with E-state index in [9.17, 15) is 9.90 Å². The van der Waals surface area contributed by atoms with E-state index in [1.807, 2.05) is 0 Å². The summed E-state index contributed by atoms with van der Waals surface area (Å²) in [5, 5.41) is 19.2. The molecule has 2 unspecified atom stereocenters. The predicted molar refractivity (Wildman–Crippen MR) is 108 cm³/mol. The number of aliphatic hydroxyl groups excluding tert-OH is 1. The zero-order chi connectivity index (χ0) is 19.7. The summed E-state index contributed by atoms with van der Waals surface area (Å²) >= 11 is 0. The van der Waals surface area contributed by atoms with Gasteiger partial charge in [-0.15, -0.1) is 0 Å². The van der Waals surface area contributed by atoms with Gasteiger partial charge in [0.15, 0.2) is 5.60 Å². The highest BCUT2D eigenvalue weighted by molar-refractivity contribution is 5.78. The monoisotopic (exact) mass is 372 g/mol. The van der Waals surface area contributed by atoms with Crippen LogP contribution in [0, 0.1) is 0 Å². The Morgan fingerprint density at radius 3 is 1.62 bits per heavy atom. The number of aliphatic hydroxyl groups is 2. The van der Waals surface area contributed by atoms with E-state index >= 15 is 0 Å². The summed E-state index contributed by atoms with van der Waals surface area (Å²) in [7, 11) is 0. The van der Waals surface area contributed by atoms with Gasteiger partial charge >= 0.3 is 5.97 Å². The van der Waals surface area contributed by atoms with E-state index in [2.05, 4.69) is 6.92 Å². The summed E-state index contributed by atoms with van der Waals surface area (Å²) in [4.78, 5) is 11.8. The van der Waals surface area contributed by atoms with Crippen LogP contribution in [0.15, 0.2) is 0 Å². The Bertz CT molecular complexity index is 326. The van der Waals surface area contributed by atoms with Crippen LogP contribution in [0.2, 0.25) is 0 Å². The molecule has 0 radical (unpaired) electrons. The van der Waals surface area contributed by atoms with Crippen molar-refractivity contribution in [1.82, 2.24) is 0 Å². The number of rotatable bonds is 18. The maximum Gasteiger partial charge on any atom is 0.337 e. The van der Waals surface area contributed by atoms with Crippen molar-refractivity contribution in [3.8, 4) is 0 Å². The molecule has 0 spiro atoms. The van der Waals surface area contributed by atoms with Crippen molar-refractivity contribution in [1.29, 1.82) is 0 Å². The normalized spacial score (nSPS) is 14.8. The van der Waals surface area contributed by atoms with Gasteiger partial charge in [0, 0.05) is 0 Å². The van der Waals surface area contributed by atoms with Crippen molar-refractivity contribution in [2.24, 2.45) is 0 Å². The Hall–Kier alpha value is -0.610. The van der Waals surface area contributed by atoms with Crippen LogP contribution in [0.5, 0.6) is 0 Å². The summed E-state index contributed by atoms with van der Waals surface area (Å²) in [5.74, 6) is -0.631. The largest absolute Gasteiger partial charge is 0.461 e. The number of esters is 1. The van der Waals surface area contributed by atoms with Gasteiger partial charge in [-0.25, -0.2) is 4.79 Å². The topological polar surface area (TPSA) is 66.8 Å². The van der Waals surface area contributed by atoms with Gasteiger partial charge in [-0.1, -0.05) is 90.4 Å². The number of carbonyl (C=O) groups is 1. The third kappa shape index (κ3) is 15.6. The van der Waals surface area contributed by atoms with Crippen LogP contribution >= 0.6 is 0 Å².